The number of benzene rings is 2. The Morgan fingerprint density at radius 2 is 1.77 bits per heavy atom. The summed E-state index contributed by atoms with van der Waals surface area (Å²) in [5.74, 6) is -1.26. The average Bonchev–Trinajstić information content (AvgIpc) is 2.97. The minimum Gasteiger partial charge on any atom is -0.478 e. The zero-order chi connectivity index (χ0) is 15.5. The topological polar surface area (TPSA) is 68.0 Å². The van der Waals surface area contributed by atoms with Gasteiger partial charge in [-0.2, -0.15) is 0 Å². The predicted octanol–water partition coefficient (Wildman–Crippen LogP) is 2.83. The molecule has 0 spiro atoms. The summed E-state index contributed by atoms with van der Waals surface area (Å²) in [5.41, 5.74) is 2.72. The van der Waals surface area contributed by atoms with Crippen molar-refractivity contribution in [2.45, 2.75) is 6.54 Å². The fourth-order valence-corrected chi connectivity index (χ4v) is 2.14. The van der Waals surface area contributed by atoms with Crippen molar-refractivity contribution < 1.29 is 14.3 Å². The summed E-state index contributed by atoms with van der Waals surface area (Å²) in [5, 5.41) is 16.8. The highest BCUT2D eigenvalue weighted by Crippen LogP contribution is 2.19. The molecule has 0 amide bonds. The molecule has 0 fully saturated rings. The fraction of sp³-hybridized carbons (Fsp3) is 0.0625. The zero-order valence-corrected chi connectivity index (χ0v) is 11.5. The van der Waals surface area contributed by atoms with Gasteiger partial charge in [-0.05, 0) is 42.0 Å². The van der Waals surface area contributed by atoms with E-state index >= 15 is 0 Å². The van der Waals surface area contributed by atoms with E-state index in [-0.39, 0.29) is 11.4 Å². The van der Waals surface area contributed by atoms with E-state index in [1.165, 1.54) is 12.1 Å². The molecule has 0 bridgehead atoms. The third kappa shape index (κ3) is 2.85. The van der Waals surface area contributed by atoms with E-state index in [0.717, 1.165) is 16.8 Å². The minimum atomic E-state index is -0.959. The Morgan fingerprint density at radius 1 is 1.09 bits per heavy atom. The van der Waals surface area contributed by atoms with Crippen molar-refractivity contribution in [3.63, 3.8) is 0 Å². The van der Waals surface area contributed by atoms with Crippen LogP contribution >= 0.6 is 0 Å². The Hall–Kier alpha value is -3.02. The van der Waals surface area contributed by atoms with E-state index in [1.54, 1.807) is 47.3 Å². The van der Waals surface area contributed by atoms with Crippen LogP contribution < -0.4 is 0 Å². The second-order valence-electron chi connectivity index (χ2n) is 4.79. The summed E-state index contributed by atoms with van der Waals surface area (Å²) < 4.78 is 14.7. The molecule has 1 aromatic heterocycles. The maximum atomic E-state index is 13.0. The average molecular weight is 297 g/mol. The largest absolute Gasteiger partial charge is 0.478 e. The summed E-state index contributed by atoms with van der Waals surface area (Å²) in [6, 6.07) is 12.7. The lowest BCUT2D eigenvalue weighted by molar-refractivity contribution is 0.0697. The highest BCUT2D eigenvalue weighted by molar-refractivity contribution is 5.87. The SMILES string of the molecule is O=C(O)c1ccc(Cn2nncc2-c2ccc(F)cc2)cc1. The number of carboxylic acid groups (broad SMARTS) is 1. The molecule has 1 N–H and O–H groups in total. The third-order valence-electron chi connectivity index (χ3n) is 3.29. The number of halogens is 1. The molecule has 22 heavy (non-hydrogen) atoms. The first-order valence-corrected chi connectivity index (χ1v) is 6.60. The monoisotopic (exact) mass is 297 g/mol. The van der Waals surface area contributed by atoms with Crippen molar-refractivity contribution in [2.24, 2.45) is 0 Å². The normalized spacial score (nSPS) is 10.6. The molecule has 0 saturated carbocycles. The summed E-state index contributed by atoms with van der Waals surface area (Å²) in [6.45, 7) is 0.451. The van der Waals surface area contributed by atoms with Crippen LogP contribution in [0.25, 0.3) is 11.3 Å². The second-order valence-corrected chi connectivity index (χ2v) is 4.79. The molecule has 5 nitrogen and oxygen atoms in total. The molecule has 0 aliphatic rings. The molecule has 0 aliphatic heterocycles. The molecular weight excluding hydrogens is 285 g/mol. The molecule has 6 heteroatoms. The number of carboxylic acids is 1. The van der Waals surface area contributed by atoms with Crippen LogP contribution in [0.2, 0.25) is 0 Å². The van der Waals surface area contributed by atoms with Crippen LogP contribution in [0.15, 0.2) is 54.7 Å². The maximum Gasteiger partial charge on any atom is 0.335 e. The van der Waals surface area contributed by atoms with Crippen LogP contribution in [0, 0.1) is 5.82 Å². The van der Waals surface area contributed by atoms with Crippen molar-refractivity contribution in [3.8, 4) is 11.3 Å². The molecule has 1 heterocycles. The van der Waals surface area contributed by atoms with Gasteiger partial charge in [0.1, 0.15) is 5.82 Å². The van der Waals surface area contributed by atoms with Crippen LogP contribution in [-0.4, -0.2) is 26.1 Å². The molecule has 0 aliphatic carbocycles. The molecular formula is C16H12FN3O2. The van der Waals surface area contributed by atoms with Crippen molar-refractivity contribution in [1.29, 1.82) is 0 Å². The van der Waals surface area contributed by atoms with Gasteiger partial charge in [0.15, 0.2) is 0 Å². The van der Waals surface area contributed by atoms with E-state index in [1.807, 2.05) is 0 Å². The van der Waals surface area contributed by atoms with E-state index < -0.39 is 5.97 Å². The lowest BCUT2D eigenvalue weighted by Gasteiger charge is -2.07. The third-order valence-corrected chi connectivity index (χ3v) is 3.29. The zero-order valence-electron chi connectivity index (χ0n) is 11.5. The van der Waals surface area contributed by atoms with Gasteiger partial charge in [0, 0.05) is 5.56 Å². The maximum absolute atomic E-state index is 13.0. The molecule has 3 rings (SSSR count). The van der Waals surface area contributed by atoms with Crippen molar-refractivity contribution in [1.82, 2.24) is 15.0 Å². The highest BCUT2D eigenvalue weighted by atomic mass is 19.1. The number of nitrogens with zero attached hydrogens (tertiary/aromatic N) is 3. The van der Waals surface area contributed by atoms with Crippen molar-refractivity contribution in [2.75, 3.05) is 0 Å². The van der Waals surface area contributed by atoms with E-state index in [2.05, 4.69) is 10.3 Å². The van der Waals surface area contributed by atoms with Gasteiger partial charge in [-0.3, -0.25) is 0 Å². The fourth-order valence-electron chi connectivity index (χ4n) is 2.14. The lowest BCUT2D eigenvalue weighted by atomic mass is 10.1. The highest BCUT2D eigenvalue weighted by Gasteiger charge is 2.08. The molecule has 110 valence electrons. The second kappa shape index (κ2) is 5.77. The number of rotatable bonds is 4. The van der Waals surface area contributed by atoms with Crippen LogP contribution in [-0.2, 0) is 6.54 Å². The van der Waals surface area contributed by atoms with Gasteiger partial charge in [0.05, 0.1) is 24.0 Å². The van der Waals surface area contributed by atoms with Gasteiger partial charge in [-0.25, -0.2) is 13.9 Å². The van der Waals surface area contributed by atoms with Crippen LogP contribution in [0.3, 0.4) is 0 Å². The molecule has 0 saturated heterocycles. The lowest BCUT2D eigenvalue weighted by Crippen LogP contribution is -2.05. The Kier molecular flexibility index (Phi) is 3.65. The van der Waals surface area contributed by atoms with Gasteiger partial charge in [-0.15, -0.1) is 5.10 Å². The summed E-state index contributed by atoms with van der Waals surface area (Å²) in [6.07, 6.45) is 1.61. The first-order valence-electron chi connectivity index (χ1n) is 6.60. The quantitative estimate of drug-likeness (QED) is 0.804. The number of aromatic nitrogens is 3. The summed E-state index contributed by atoms with van der Waals surface area (Å²) >= 11 is 0. The van der Waals surface area contributed by atoms with Gasteiger partial charge in [0.25, 0.3) is 0 Å². The number of carbonyl (C=O) groups is 1. The van der Waals surface area contributed by atoms with Crippen LogP contribution in [0.4, 0.5) is 4.39 Å². The number of hydrogen-bond acceptors (Lipinski definition) is 3. The van der Waals surface area contributed by atoms with Crippen LogP contribution in [0.5, 0.6) is 0 Å². The molecule has 0 radical (unpaired) electrons. The Balaban J connectivity index is 1.86. The van der Waals surface area contributed by atoms with Crippen LogP contribution in [0.1, 0.15) is 15.9 Å². The first kappa shape index (κ1) is 13.9. The first-order chi connectivity index (χ1) is 10.6. The molecule has 0 atom stereocenters. The van der Waals surface area contributed by atoms with Gasteiger partial charge in [0.2, 0.25) is 0 Å². The Morgan fingerprint density at radius 3 is 2.41 bits per heavy atom. The minimum absolute atomic E-state index is 0.237. The van der Waals surface area contributed by atoms with Crippen molar-refractivity contribution in [3.05, 3.63) is 71.7 Å². The molecule has 3 aromatic rings. The Labute approximate surface area is 125 Å². The van der Waals surface area contributed by atoms with E-state index in [0.29, 0.717) is 6.54 Å². The number of aromatic carboxylic acids is 1. The predicted molar refractivity (Wildman–Crippen MR) is 77.9 cm³/mol. The van der Waals surface area contributed by atoms with Gasteiger partial charge >= 0.3 is 5.97 Å². The van der Waals surface area contributed by atoms with Gasteiger partial charge in [-0.1, -0.05) is 17.3 Å². The molecule has 2 aromatic carbocycles. The molecule has 0 unspecified atom stereocenters. The summed E-state index contributed by atoms with van der Waals surface area (Å²) in [7, 11) is 0. The standard InChI is InChI=1S/C16H12FN3O2/c17-14-7-5-12(6-8-14)15-9-18-19-20(15)10-11-1-3-13(4-2-11)16(21)22/h1-9H,10H2,(H,21,22). The van der Waals surface area contributed by atoms with E-state index in [4.69, 9.17) is 5.11 Å². The Bertz CT molecular complexity index is 795. The summed E-state index contributed by atoms with van der Waals surface area (Å²) in [4.78, 5) is 10.8. The van der Waals surface area contributed by atoms with Crippen molar-refractivity contribution >= 4 is 5.97 Å². The van der Waals surface area contributed by atoms with Gasteiger partial charge < -0.3 is 5.11 Å². The number of hydrogen-bond donors (Lipinski definition) is 1. The smallest absolute Gasteiger partial charge is 0.335 e. The van der Waals surface area contributed by atoms with E-state index in [9.17, 15) is 9.18 Å².